The molecule has 4 rings (SSSR count). The number of hydrogen-bond donors (Lipinski definition) is 1. The summed E-state index contributed by atoms with van der Waals surface area (Å²) < 4.78 is 55.7. The van der Waals surface area contributed by atoms with Gasteiger partial charge in [0.05, 0.1) is 25.1 Å². The number of hydrogen-bond acceptors (Lipinski definition) is 6. The number of nitrogens with zero attached hydrogens (tertiary/aromatic N) is 2. The summed E-state index contributed by atoms with van der Waals surface area (Å²) in [6.45, 7) is 6.27. The van der Waals surface area contributed by atoms with Crippen molar-refractivity contribution in [2.24, 2.45) is 11.3 Å². The van der Waals surface area contributed by atoms with Crippen molar-refractivity contribution in [2.75, 3.05) is 31.6 Å². The molecule has 0 saturated carbocycles. The molecule has 0 radical (unpaired) electrons. The summed E-state index contributed by atoms with van der Waals surface area (Å²) in [6, 6.07) is 10.5. The number of carbonyl (C=O) groups is 3. The zero-order valence-corrected chi connectivity index (χ0v) is 23.9. The van der Waals surface area contributed by atoms with Crippen LogP contribution >= 0.6 is 0 Å². The van der Waals surface area contributed by atoms with E-state index in [1.54, 1.807) is 24.3 Å². The number of alkyl halides is 3. The molecule has 9 nitrogen and oxygen atoms in total. The number of benzene rings is 2. The number of para-hydroxylation sites is 1. The number of ether oxygens (including phenoxy) is 3. The minimum atomic E-state index is -4.95. The molecule has 2 heterocycles. The van der Waals surface area contributed by atoms with Crippen LogP contribution in [0.3, 0.4) is 0 Å². The second-order valence-electron chi connectivity index (χ2n) is 11.7. The fraction of sp³-hybridized carbons (Fsp3) is 0.500. The number of fused-ring (bicyclic) bond motifs is 1. The average Bonchev–Trinajstić information content (AvgIpc) is 3.01. The number of piperidine rings is 1. The van der Waals surface area contributed by atoms with Crippen LogP contribution < -0.4 is 14.4 Å². The molecule has 1 fully saturated rings. The number of amides is 2. The smallest absolute Gasteiger partial charge is 0.496 e. The molecule has 2 aromatic carbocycles. The van der Waals surface area contributed by atoms with Gasteiger partial charge in [-0.25, -0.2) is 0 Å². The average molecular weight is 593 g/mol. The first-order valence-corrected chi connectivity index (χ1v) is 13.7. The number of carbonyl (C=O) groups excluding carboxylic acids is 2. The quantitative estimate of drug-likeness (QED) is 0.473. The zero-order chi connectivity index (χ0) is 30.8. The van der Waals surface area contributed by atoms with Crippen LogP contribution in [0.25, 0.3) is 0 Å². The molecule has 1 saturated heterocycles. The van der Waals surface area contributed by atoms with Crippen molar-refractivity contribution in [3.63, 3.8) is 0 Å². The van der Waals surface area contributed by atoms with E-state index in [0.717, 1.165) is 6.07 Å². The molecule has 12 heteroatoms. The minimum absolute atomic E-state index is 0.0229. The van der Waals surface area contributed by atoms with Gasteiger partial charge in [-0.15, -0.1) is 13.2 Å². The lowest BCUT2D eigenvalue weighted by molar-refractivity contribution is -0.274. The van der Waals surface area contributed by atoms with Gasteiger partial charge < -0.3 is 29.1 Å². The number of anilines is 1. The van der Waals surface area contributed by atoms with Crippen molar-refractivity contribution in [3.8, 4) is 11.5 Å². The summed E-state index contributed by atoms with van der Waals surface area (Å²) in [5.41, 5.74) is 0.559. The first-order chi connectivity index (χ1) is 19.7. The Bertz CT molecular complexity index is 1320. The molecule has 228 valence electrons. The van der Waals surface area contributed by atoms with Gasteiger partial charge >= 0.3 is 12.3 Å². The minimum Gasteiger partial charge on any atom is -0.496 e. The molecule has 0 aromatic heterocycles. The lowest BCUT2D eigenvalue weighted by Crippen LogP contribution is -2.47. The topological polar surface area (TPSA) is 106 Å². The highest BCUT2D eigenvalue weighted by atomic mass is 19.4. The van der Waals surface area contributed by atoms with E-state index in [1.807, 2.05) is 20.8 Å². The van der Waals surface area contributed by atoms with E-state index in [9.17, 15) is 32.7 Å². The Morgan fingerprint density at radius 3 is 2.45 bits per heavy atom. The summed E-state index contributed by atoms with van der Waals surface area (Å²) >= 11 is 0. The fourth-order valence-corrected chi connectivity index (χ4v) is 5.36. The third kappa shape index (κ3) is 7.33. The normalized spacial score (nSPS) is 21.4. The van der Waals surface area contributed by atoms with Gasteiger partial charge in [0.15, 0.2) is 0 Å². The molecule has 3 atom stereocenters. The molecule has 2 amide bonds. The molecule has 2 aromatic rings. The Kier molecular flexibility index (Phi) is 9.05. The van der Waals surface area contributed by atoms with Crippen molar-refractivity contribution in [1.82, 2.24) is 4.90 Å². The molecule has 1 unspecified atom stereocenters. The Hall–Kier alpha value is -3.80. The molecule has 42 heavy (non-hydrogen) atoms. The van der Waals surface area contributed by atoms with E-state index in [2.05, 4.69) is 4.74 Å². The maximum Gasteiger partial charge on any atom is 0.573 e. The molecule has 0 bridgehead atoms. The van der Waals surface area contributed by atoms with E-state index < -0.39 is 53.4 Å². The standard InChI is InChI=1S/C30H35F3N2O7/c1-29(2,3)17-35-22-12-11-19(42-30(31,32)33)14-21(22)26(20-9-5-6-10-23(20)40-4)41-24(27(35)37)15-25(36)34-13-7-8-18(16-34)28(38)39/h5-6,9-12,14,18,24,26H,7-8,13,15-17H2,1-4H3,(H,38,39)/t18?,24-,26-/m0/s1. The highest BCUT2D eigenvalue weighted by Gasteiger charge is 2.41. The number of carboxylic acids is 1. The van der Waals surface area contributed by atoms with Gasteiger partial charge in [-0.05, 0) is 42.5 Å². The Labute approximate surface area is 242 Å². The number of rotatable bonds is 7. The molecule has 1 N–H and O–H groups in total. The maximum atomic E-state index is 14.1. The van der Waals surface area contributed by atoms with Crippen molar-refractivity contribution in [2.45, 2.75) is 58.6 Å². The van der Waals surface area contributed by atoms with Crippen LogP contribution in [0.5, 0.6) is 11.5 Å². The maximum absolute atomic E-state index is 14.1. The van der Waals surface area contributed by atoms with E-state index in [4.69, 9.17) is 9.47 Å². The second kappa shape index (κ2) is 12.2. The number of likely N-dealkylation sites (tertiary alicyclic amines) is 1. The lowest BCUT2D eigenvalue weighted by Gasteiger charge is -2.33. The first kappa shape index (κ1) is 31.1. The van der Waals surface area contributed by atoms with Gasteiger partial charge in [-0.3, -0.25) is 14.4 Å². The Morgan fingerprint density at radius 2 is 1.81 bits per heavy atom. The van der Waals surface area contributed by atoms with E-state index in [1.165, 1.54) is 29.0 Å². The highest BCUT2D eigenvalue weighted by molar-refractivity contribution is 6.00. The van der Waals surface area contributed by atoms with Gasteiger partial charge in [0.25, 0.3) is 5.91 Å². The second-order valence-corrected chi connectivity index (χ2v) is 11.7. The largest absolute Gasteiger partial charge is 0.573 e. The van der Waals surface area contributed by atoms with Crippen LogP contribution in [-0.2, 0) is 19.1 Å². The summed E-state index contributed by atoms with van der Waals surface area (Å²) in [4.78, 5) is 42.0. The molecular formula is C30H35F3N2O7. The Morgan fingerprint density at radius 1 is 1.10 bits per heavy atom. The molecule has 0 spiro atoms. The summed E-state index contributed by atoms with van der Waals surface area (Å²) in [5.74, 6) is -2.79. The monoisotopic (exact) mass is 592 g/mol. The number of halogens is 3. The summed E-state index contributed by atoms with van der Waals surface area (Å²) in [7, 11) is 1.44. The van der Waals surface area contributed by atoms with Crippen LogP contribution in [0, 0.1) is 11.3 Å². The van der Waals surface area contributed by atoms with Gasteiger partial charge in [0, 0.05) is 30.8 Å². The van der Waals surface area contributed by atoms with Crippen LogP contribution in [-0.4, -0.2) is 67.0 Å². The highest BCUT2D eigenvalue weighted by Crippen LogP contribution is 2.44. The molecule has 0 aliphatic carbocycles. The van der Waals surface area contributed by atoms with Crippen molar-refractivity contribution >= 4 is 23.5 Å². The third-order valence-electron chi connectivity index (χ3n) is 7.18. The molecule has 2 aliphatic rings. The van der Waals surface area contributed by atoms with Gasteiger partial charge in [0.2, 0.25) is 5.91 Å². The fourth-order valence-electron chi connectivity index (χ4n) is 5.36. The van der Waals surface area contributed by atoms with Gasteiger partial charge in [-0.1, -0.05) is 39.0 Å². The lowest BCUT2D eigenvalue weighted by atomic mass is 9.94. The van der Waals surface area contributed by atoms with Crippen LogP contribution in [0.1, 0.15) is 57.3 Å². The number of methoxy groups -OCH3 is 1. The predicted octanol–water partition coefficient (Wildman–Crippen LogP) is 5.17. The Balaban J connectivity index is 1.81. The van der Waals surface area contributed by atoms with E-state index in [-0.39, 0.29) is 25.1 Å². The zero-order valence-electron chi connectivity index (χ0n) is 23.9. The third-order valence-corrected chi connectivity index (χ3v) is 7.18. The van der Waals surface area contributed by atoms with E-state index in [0.29, 0.717) is 36.4 Å². The summed E-state index contributed by atoms with van der Waals surface area (Å²) in [6.07, 6.45) is -6.79. The molecule has 2 aliphatic heterocycles. The molecular weight excluding hydrogens is 557 g/mol. The predicted molar refractivity (Wildman–Crippen MR) is 146 cm³/mol. The number of aliphatic carboxylic acids is 1. The number of carboxylic acid groups (broad SMARTS) is 1. The van der Waals surface area contributed by atoms with Crippen molar-refractivity contribution in [1.29, 1.82) is 0 Å². The first-order valence-electron chi connectivity index (χ1n) is 13.7. The van der Waals surface area contributed by atoms with Crippen LogP contribution in [0.15, 0.2) is 42.5 Å². The van der Waals surface area contributed by atoms with Crippen molar-refractivity contribution < 1.29 is 46.9 Å². The summed E-state index contributed by atoms with van der Waals surface area (Å²) in [5, 5.41) is 9.47. The van der Waals surface area contributed by atoms with E-state index >= 15 is 0 Å². The SMILES string of the molecule is COc1ccccc1[C@@H]1O[C@@H](CC(=O)N2CCCC(C(=O)O)C2)C(=O)N(CC(C)(C)C)c2ccc(OC(F)(F)F)cc21. The van der Waals surface area contributed by atoms with Crippen LogP contribution in [0.2, 0.25) is 0 Å². The van der Waals surface area contributed by atoms with Crippen LogP contribution in [0.4, 0.5) is 18.9 Å². The van der Waals surface area contributed by atoms with Gasteiger partial charge in [-0.2, -0.15) is 0 Å². The van der Waals surface area contributed by atoms with Gasteiger partial charge in [0.1, 0.15) is 23.7 Å². The van der Waals surface area contributed by atoms with Crippen molar-refractivity contribution in [3.05, 3.63) is 53.6 Å².